The number of fused-ring (bicyclic) bond motifs is 4. The summed E-state index contributed by atoms with van der Waals surface area (Å²) in [5.74, 6) is -2.07. The highest BCUT2D eigenvalue weighted by molar-refractivity contribution is 9.11. The van der Waals surface area contributed by atoms with Gasteiger partial charge in [0.25, 0.3) is 29.5 Å². The van der Waals surface area contributed by atoms with Crippen molar-refractivity contribution in [1.29, 1.82) is 21.0 Å². The summed E-state index contributed by atoms with van der Waals surface area (Å²) in [6, 6.07) is 36.0. The van der Waals surface area contributed by atoms with Gasteiger partial charge in [0.05, 0.1) is 95.2 Å². The van der Waals surface area contributed by atoms with Crippen molar-refractivity contribution in [1.82, 2.24) is 0 Å². The second-order valence-corrected chi connectivity index (χ2v) is 40.3. The van der Waals surface area contributed by atoms with Crippen LogP contribution in [0.15, 0.2) is 149 Å². The molecular weight excluding hydrogens is 2010 g/mol. The van der Waals surface area contributed by atoms with E-state index in [2.05, 4.69) is 81.4 Å². The first-order valence-electron chi connectivity index (χ1n) is 49.8. The van der Waals surface area contributed by atoms with Gasteiger partial charge in [0, 0.05) is 162 Å². The SMILES string of the molecule is C1CCOC1.N#Cc1ccc(N)cc1Br.N#Cc1ccc(N2C(=O)C(CC(=O)O)=C3CCCCC32)cc1Br.N#Cc1ccc(N2C(=O)C(CCO)=C3CCCCC32)cc1Br.N#Cc1ccc(N2C(=O)C(CCO)=C3CCCCC32)cc1NC1CCC(O)CC1.NC(=O)c1ccc(N2C(=O)C(CCO)=C3CCCCC32)cc1NC1CCC(O)CC1.NC1CCC(O)CC1.O=C1CCC(=O)O1.O=C1CCCCC1.[B]. The van der Waals surface area contributed by atoms with E-state index in [4.69, 9.17) is 47.9 Å². The number of amides is 5. The number of hydrogen-bond donors (Lipinski definition) is 12. The molecule has 8 aliphatic carbocycles. The van der Waals surface area contributed by atoms with Gasteiger partial charge < -0.3 is 92.7 Å². The second-order valence-electron chi connectivity index (χ2n) is 37.7. The molecule has 0 spiro atoms. The summed E-state index contributed by atoms with van der Waals surface area (Å²) in [4.78, 5) is 113. The van der Waals surface area contributed by atoms with E-state index in [1.807, 2.05) is 51.1 Å². The van der Waals surface area contributed by atoms with Crippen LogP contribution in [0.5, 0.6) is 0 Å². The number of nitrogens with zero attached hydrogens (tertiary/aromatic N) is 8. The number of primary amides is 1. The Morgan fingerprint density at radius 1 is 0.401 bits per heavy atom. The summed E-state index contributed by atoms with van der Waals surface area (Å²) in [5.41, 5.74) is 31.7. The number of rotatable bonds is 17. The van der Waals surface area contributed by atoms with Crippen LogP contribution in [0.2, 0.25) is 0 Å². The van der Waals surface area contributed by atoms with Gasteiger partial charge in [0.2, 0.25) is 0 Å². The number of nitrogen functional groups attached to an aromatic ring is 1. The zero-order chi connectivity index (χ0) is 101. The highest BCUT2D eigenvalue weighted by atomic mass is 79.9. The van der Waals surface area contributed by atoms with Crippen LogP contribution in [0.1, 0.15) is 296 Å². The number of carboxylic acids is 1. The zero-order valence-corrected chi connectivity index (χ0v) is 85.4. The lowest BCUT2D eigenvalue weighted by Gasteiger charge is -2.31. The van der Waals surface area contributed by atoms with Crippen LogP contribution >= 0.6 is 47.8 Å². The van der Waals surface area contributed by atoms with E-state index < -0.39 is 23.8 Å². The number of nitrogens with two attached hydrogens (primary N) is 3. The minimum Gasteiger partial charge on any atom is -0.481 e. The number of carbonyl (C=O) groups is 9. The molecule has 3 radical (unpaired) electrons. The van der Waals surface area contributed by atoms with E-state index in [0.29, 0.717) is 90.5 Å². The fraction of sp³-hybridized carbons (Fsp3) is 0.523. The molecule has 14 aliphatic rings. The quantitative estimate of drug-likeness (QED) is 0.0178. The molecule has 4 atom stereocenters. The third kappa shape index (κ3) is 30.7. The molecule has 6 aliphatic heterocycles. The van der Waals surface area contributed by atoms with E-state index in [9.17, 15) is 73.9 Å². The van der Waals surface area contributed by atoms with E-state index in [0.717, 1.165) is 274 Å². The average Bonchev–Trinajstić information content (AvgIpc) is 1.61. The summed E-state index contributed by atoms with van der Waals surface area (Å²) < 4.78 is 11.1. The highest BCUT2D eigenvalue weighted by Gasteiger charge is 2.46. The molecule has 142 heavy (non-hydrogen) atoms. The summed E-state index contributed by atoms with van der Waals surface area (Å²) in [6.45, 7) is 1.95. The standard InChI is InChI=1S/C23H31N3O4.C23H29N3O3.C17H15BrN2O3.C17H17BrN2O2.C7H5BrN2.C6H13NO.C6H10O.C4H4O3.C4H8O.B/c24-22(29)19-10-7-15(13-20(19)25-14-5-8-16(28)9-6-14)26-21-4-2-1-3-17(21)18(11-12-27)23(26)30;24-14-15-5-8-17(13-21(15)25-16-6-9-18(28)10-7-16)26-22-4-2-1-3-19(22)20(11-12-27)23(26)29;18-14-7-11(6-5-10(14)9-19)20-15-4-2-1-3-12(15)13(17(20)23)8-16(21)22;18-15-9-12(6-5-11(15)10-19)20-16-4-2-1-3-13(16)14(7-8-21)17(20)22;8-7-3-6(10)2-1-5(7)4-9;7-5-1-3-6(8)4-2-5;7-6-4-2-1-3-5-6;5-3-1-2-4(6)7-3;1-2-4-5-3-1;/h7,10,13-14,16,21,25,27-28H,1-6,8-9,11-12H2,(H2,24,29);5,8,13,16,18,22,25,27-28H,1-4,6-7,9-12H2;5-7,15H,1-4,8H2,(H,21,22);5-6,9,16,21H,1-4,7-8H2;1-3H,10H2;5-6,8H,1-4,7H2;1-5H2;1-2H2;1-4H2;. The number of aliphatic carboxylic acids is 1. The Morgan fingerprint density at radius 2 is 0.732 bits per heavy atom. The largest absolute Gasteiger partial charge is 0.481 e. The Kier molecular flexibility index (Phi) is 45.0. The van der Waals surface area contributed by atoms with Crippen molar-refractivity contribution < 1.29 is 88.4 Å². The number of nitrogens with one attached hydrogen (secondary N) is 2. The van der Waals surface area contributed by atoms with E-state index in [1.54, 1.807) is 65.6 Å². The van der Waals surface area contributed by atoms with Gasteiger partial charge in [0.15, 0.2) is 0 Å². The summed E-state index contributed by atoms with van der Waals surface area (Å²) in [5, 5.41) is 109. The van der Waals surface area contributed by atoms with Gasteiger partial charge >= 0.3 is 17.9 Å². The van der Waals surface area contributed by atoms with Gasteiger partial charge in [-0.1, -0.05) is 32.1 Å². The van der Waals surface area contributed by atoms with Crippen LogP contribution < -0.4 is 47.4 Å². The molecular formula is C107H132BBr3N13O18. The first-order chi connectivity index (χ1) is 68.0. The lowest BCUT2D eigenvalue weighted by atomic mass is 9.88. The Bertz CT molecular complexity index is 5580. The molecule has 4 unspecified atom stereocenters. The Labute approximate surface area is 858 Å². The third-order valence-corrected chi connectivity index (χ3v) is 30.0. The first-order valence-corrected chi connectivity index (χ1v) is 52.1. The van der Waals surface area contributed by atoms with Crippen LogP contribution in [0.25, 0.3) is 0 Å². The van der Waals surface area contributed by atoms with Gasteiger partial charge in [-0.2, -0.15) is 21.0 Å². The lowest BCUT2D eigenvalue weighted by molar-refractivity contribution is -0.152. The number of aliphatic hydroxyl groups is 6. The summed E-state index contributed by atoms with van der Waals surface area (Å²) in [6.07, 6.45) is 34.8. The Morgan fingerprint density at radius 3 is 1.05 bits per heavy atom. The topological polar surface area (TPSA) is 524 Å². The van der Waals surface area contributed by atoms with Gasteiger partial charge in [-0.05, 0) is 341 Å². The molecule has 5 aromatic rings. The molecule has 5 aromatic carbocycles. The number of cyclic esters (lactones) is 2. The second kappa shape index (κ2) is 56.5. The Hall–Kier alpha value is -10.8. The molecule has 8 saturated carbocycles. The number of esters is 2. The molecule has 15 N–H and O–H groups in total. The molecule has 757 valence electrons. The van der Waals surface area contributed by atoms with Crippen molar-refractivity contribution in [3.63, 3.8) is 0 Å². The predicted molar refractivity (Wildman–Crippen MR) is 552 cm³/mol. The zero-order valence-electron chi connectivity index (χ0n) is 80.6. The van der Waals surface area contributed by atoms with Gasteiger partial charge in [-0.15, -0.1) is 0 Å². The molecule has 5 amide bonds. The maximum absolute atomic E-state index is 13.2. The maximum Gasteiger partial charge on any atom is 0.314 e. The van der Waals surface area contributed by atoms with Crippen molar-refractivity contribution >= 4 is 149 Å². The van der Waals surface area contributed by atoms with Crippen molar-refractivity contribution in [3.05, 3.63) is 177 Å². The predicted octanol–water partition coefficient (Wildman–Crippen LogP) is 16.3. The van der Waals surface area contributed by atoms with Crippen LogP contribution in [0.4, 0.5) is 39.8 Å². The van der Waals surface area contributed by atoms with Crippen molar-refractivity contribution in [2.75, 3.05) is 69.0 Å². The van der Waals surface area contributed by atoms with E-state index in [1.165, 1.54) is 30.4 Å². The number of hydrogen-bond acceptors (Lipinski definition) is 25. The number of carbonyl (C=O) groups excluding carboxylic acids is 8. The number of carboxylic acid groups (broad SMARTS) is 1. The smallest absolute Gasteiger partial charge is 0.314 e. The minimum atomic E-state index is -0.979. The molecule has 10 fully saturated rings. The summed E-state index contributed by atoms with van der Waals surface area (Å²) >= 11 is 9.95. The fourth-order valence-electron chi connectivity index (χ4n) is 20.8. The molecule has 0 aromatic heterocycles. The molecule has 35 heteroatoms. The third-order valence-electron chi connectivity index (χ3n) is 28.0. The lowest BCUT2D eigenvalue weighted by Crippen LogP contribution is -2.37. The molecule has 31 nitrogen and oxygen atoms in total. The van der Waals surface area contributed by atoms with E-state index >= 15 is 0 Å². The number of aliphatic hydroxyl groups excluding tert-OH is 6. The van der Waals surface area contributed by atoms with Crippen molar-refractivity contribution in [2.24, 2.45) is 11.5 Å². The van der Waals surface area contributed by atoms with Crippen LogP contribution in [0.3, 0.4) is 0 Å². The molecule has 2 saturated heterocycles. The van der Waals surface area contributed by atoms with Crippen molar-refractivity contribution in [2.45, 2.75) is 324 Å². The number of anilines is 7. The van der Waals surface area contributed by atoms with E-state index in [-0.39, 0.29) is 126 Å². The minimum absolute atomic E-state index is 0. The molecule has 19 rings (SSSR count). The van der Waals surface area contributed by atoms with Crippen LogP contribution in [0, 0.1) is 45.3 Å². The maximum atomic E-state index is 13.2. The Balaban J connectivity index is 0.000000173. The normalized spacial score (nSPS) is 23.5. The van der Waals surface area contributed by atoms with Gasteiger partial charge in [-0.3, -0.25) is 43.2 Å². The van der Waals surface area contributed by atoms with Crippen LogP contribution in [-0.4, -0.2) is 191 Å². The van der Waals surface area contributed by atoms with Gasteiger partial charge in [-0.25, -0.2) is 0 Å². The number of nitriles is 4. The average molecular weight is 2140 g/mol. The summed E-state index contributed by atoms with van der Waals surface area (Å²) in [7, 11) is 0. The van der Waals surface area contributed by atoms with Gasteiger partial charge in [0.1, 0.15) is 30.1 Å². The molecule has 0 bridgehead atoms. The number of halogens is 3. The fourth-order valence-corrected chi connectivity index (χ4v) is 22.2. The molecule has 6 heterocycles. The van der Waals surface area contributed by atoms with Crippen molar-refractivity contribution in [3.8, 4) is 24.3 Å². The number of benzene rings is 5. The van der Waals surface area contributed by atoms with Crippen LogP contribution in [-0.2, 0) is 47.8 Å². The first kappa shape index (κ1) is 113. The number of ketones is 1. The highest BCUT2D eigenvalue weighted by Crippen LogP contribution is 2.47. The number of Topliss-reactive ketones (excluding diaryl/α,β-unsaturated/α-hetero) is 1. The monoisotopic (exact) mass is 2130 g/mol. The number of ether oxygens (including phenoxy) is 2.